The molecular weight excluding hydrogens is 276 g/mol. The van der Waals surface area contributed by atoms with Gasteiger partial charge >= 0.3 is 0 Å². The molecule has 0 bridgehead atoms. The van der Waals surface area contributed by atoms with Crippen LogP contribution in [0.4, 0.5) is 11.4 Å². The first-order chi connectivity index (χ1) is 9.90. The number of nitrogens with one attached hydrogen (secondary N) is 2. The van der Waals surface area contributed by atoms with Gasteiger partial charge in [0.25, 0.3) is 11.6 Å². The number of hydrazine groups is 1. The number of non-ortho nitro benzene ring substituents is 1. The molecule has 8 nitrogen and oxygen atoms in total. The molecule has 0 fully saturated rings. The van der Waals surface area contributed by atoms with Crippen molar-refractivity contribution >= 4 is 17.3 Å². The van der Waals surface area contributed by atoms with Gasteiger partial charge in [0.15, 0.2) is 0 Å². The molecule has 1 rings (SSSR count). The second-order valence-corrected chi connectivity index (χ2v) is 4.91. The highest BCUT2D eigenvalue weighted by molar-refractivity contribution is 6.00. The zero-order valence-corrected chi connectivity index (χ0v) is 12.3. The molecule has 4 N–H and O–H groups in total. The molecule has 0 aromatic heterocycles. The third-order valence-corrected chi connectivity index (χ3v) is 3.08. The molecule has 0 aliphatic rings. The number of amides is 1. The van der Waals surface area contributed by atoms with Crippen molar-refractivity contribution in [1.29, 1.82) is 0 Å². The number of nitrogen functional groups attached to an aromatic ring is 1. The largest absolute Gasteiger partial charge is 0.383 e. The molecule has 1 amide bonds. The number of hydrogen-bond acceptors (Lipinski definition) is 6. The smallest absolute Gasteiger partial charge is 0.270 e. The minimum absolute atomic E-state index is 0.119. The molecule has 1 unspecified atom stereocenters. The molecule has 0 radical (unpaired) electrons. The highest BCUT2D eigenvalue weighted by Gasteiger charge is 2.21. The van der Waals surface area contributed by atoms with Crippen LogP contribution in [0, 0.1) is 16.0 Å². The fraction of sp³-hybridized carbons (Fsp3) is 0.462. The number of anilines is 1. The Bertz CT molecular complexity index is 519. The number of methoxy groups -OCH3 is 1. The van der Waals surface area contributed by atoms with Crippen LogP contribution in [-0.2, 0) is 4.74 Å². The van der Waals surface area contributed by atoms with Crippen LogP contribution in [0.3, 0.4) is 0 Å². The summed E-state index contributed by atoms with van der Waals surface area (Å²) < 4.78 is 5.06. The number of nitrogens with two attached hydrogens (primary N) is 1. The summed E-state index contributed by atoms with van der Waals surface area (Å²) in [6.07, 6.45) is 0. The predicted octanol–water partition coefficient (Wildman–Crippen LogP) is 1.28. The summed E-state index contributed by atoms with van der Waals surface area (Å²) in [6, 6.07) is 3.66. The lowest BCUT2D eigenvalue weighted by Crippen LogP contribution is -2.42. The second kappa shape index (κ2) is 7.55. The molecule has 8 heteroatoms. The Morgan fingerprint density at radius 3 is 2.62 bits per heavy atom. The molecule has 0 saturated heterocycles. The van der Waals surface area contributed by atoms with E-state index in [-0.39, 0.29) is 23.2 Å². The van der Waals surface area contributed by atoms with E-state index in [0.717, 1.165) is 0 Å². The normalized spacial score (nSPS) is 12.0. The standard InChI is InChI=1S/C13H20N4O4/c1-8(2)12(7-21-3)15-13(18)10-6-9(17(19)20)4-5-11(10)16-14/h4-6,8,12,16H,7,14H2,1-3H3,(H,15,18). The molecular formula is C13H20N4O4. The highest BCUT2D eigenvalue weighted by atomic mass is 16.6. The Balaban J connectivity index is 3.04. The van der Waals surface area contributed by atoms with Crippen LogP contribution in [0.2, 0.25) is 0 Å². The molecule has 0 saturated carbocycles. The first kappa shape index (κ1) is 16.9. The second-order valence-electron chi connectivity index (χ2n) is 4.91. The predicted molar refractivity (Wildman–Crippen MR) is 78.9 cm³/mol. The molecule has 0 aliphatic carbocycles. The van der Waals surface area contributed by atoms with E-state index in [1.54, 1.807) is 7.11 Å². The van der Waals surface area contributed by atoms with Gasteiger partial charge in [0.1, 0.15) is 0 Å². The van der Waals surface area contributed by atoms with E-state index < -0.39 is 10.8 Å². The minimum atomic E-state index is -0.563. The number of ether oxygens (including phenoxy) is 1. The summed E-state index contributed by atoms with van der Waals surface area (Å²) in [5.74, 6) is 5.05. The van der Waals surface area contributed by atoms with Gasteiger partial charge in [0.2, 0.25) is 0 Å². The number of nitro groups is 1. The van der Waals surface area contributed by atoms with Crippen LogP contribution >= 0.6 is 0 Å². The number of nitro benzene ring substituents is 1. The molecule has 0 aliphatic heterocycles. The van der Waals surface area contributed by atoms with Crippen molar-refractivity contribution in [3.05, 3.63) is 33.9 Å². The Labute approximate surface area is 122 Å². The zero-order valence-electron chi connectivity index (χ0n) is 12.3. The van der Waals surface area contributed by atoms with Gasteiger partial charge in [-0.15, -0.1) is 0 Å². The van der Waals surface area contributed by atoms with E-state index in [1.807, 2.05) is 13.8 Å². The fourth-order valence-corrected chi connectivity index (χ4v) is 1.79. The molecule has 21 heavy (non-hydrogen) atoms. The van der Waals surface area contributed by atoms with Crippen molar-refractivity contribution < 1.29 is 14.5 Å². The van der Waals surface area contributed by atoms with Gasteiger partial charge in [0, 0.05) is 19.2 Å². The Kier molecular flexibility index (Phi) is 6.07. The monoisotopic (exact) mass is 296 g/mol. The van der Waals surface area contributed by atoms with E-state index in [0.29, 0.717) is 12.3 Å². The maximum Gasteiger partial charge on any atom is 0.270 e. The van der Waals surface area contributed by atoms with Gasteiger partial charge < -0.3 is 15.5 Å². The van der Waals surface area contributed by atoms with E-state index in [2.05, 4.69) is 10.7 Å². The Morgan fingerprint density at radius 1 is 1.48 bits per heavy atom. The SMILES string of the molecule is COCC(NC(=O)c1cc([N+](=O)[O-])ccc1NN)C(C)C. The van der Waals surface area contributed by atoms with Gasteiger partial charge in [-0.1, -0.05) is 13.8 Å². The highest BCUT2D eigenvalue weighted by Crippen LogP contribution is 2.21. The molecule has 1 aromatic rings. The number of carbonyl (C=O) groups is 1. The zero-order chi connectivity index (χ0) is 16.0. The maximum atomic E-state index is 12.3. The Morgan fingerprint density at radius 2 is 2.14 bits per heavy atom. The molecule has 1 aromatic carbocycles. The van der Waals surface area contributed by atoms with Gasteiger partial charge in [-0.2, -0.15) is 0 Å². The average Bonchev–Trinajstić information content (AvgIpc) is 2.45. The number of rotatable bonds is 7. The van der Waals surface area contributed by atoms with Crippen molar-refractivity contribution in [2.75, 3.05) is 19.1 Å². The van der Waals surface area contributed by atoms with E-state index in [1.165, 1.54) is 18.2 Å². The minimum Gasteiger partial charge on any atom is -0.383 e. The van der Waals surface area contributed by atoms with Crippen LogP contribution in [0.5, 0.6) is 0 Å². The molecule has 0 spiro atoms. The number of hydrogen-bond donors (Lipinski definition) is 3. The molecule has 116 valence electrons. The van der Waals surface area contributed by atoms with Crippen molar-refractivity contribution in [3.63, 3.8) is 0 Å². The van der Waals surface area contributed by atoms with Crippen LogP contribution < -0.4 is 16.6 Å². The third kappa shape index (κ3) is 4.40. The fourth-order valence-electron chi connectivity index (χ4n) is 1.79. The van der Waals surface area contributed by atoms with Crippen molar-refractivity contribution in [3.8, 4) is 0 Å². The summed E-state index contributed by atoms with van der Waals surface area (Å²) in [5, 5.41) is 13.6. The quantitative estimate of drug-likeness (QED) is 0.396. The lowest BCUT2D eigenvalue weighted by molar-refractivity contribution is -0.384. The number of nitrogens with zero attached hydrogens (tertiary/aromatic N) is 1. The van der Waals surface area contributed by atoms with Crippen LogP contribution in [0.15, 0.2) is 18.2 Å². The summed E-state index contributed by atoms with van der Waals surface area (Å²) in [7, 11) is 1.54. The first-order valence-corrected chi connectivity index (χ1v) is 6.45. The summed E-state index contributed by atoms with van der Waals surface area (Å²) in [4.78, 5) is 22.6. The van der Waals surface area contributed by atoms with E-state index in [9.17, 15) is 14.9 Å². The lowest BCUT2D eigenvalue weighted by atomic mass is 10.0. The van der Waals surface area contributed by atoms with E-state index in [4.69, 9.17) is 10.6 Å². The lowest BCUT2D eigenvalue weighted by Gasteiger charge is -2.22. The van der Waals surface area contributed by atoms with Crippen molar-refractivity contribution in [2.24, 2.45) is 11.8 Å². The van der Waals surface area contributed by atoms with Crippen LogP contribution in [-0.4, -0.2) is 30.6 Å². The summed E-state index contributed by atoms with van der Waals surface area (Å²) >= 11 is 0. The van der Waals surface area contributed by atoms with Crippen molar-refractivity contribution in [2.45, 2.75) is 19.9 Å². The summed E-state index contributed by atoms with van der Waals surface area (Å²) in [6.45, 7) is 4.24. The molecule has 0 heterocycles. The van der Waals surface area contributed by atoms with E-state index >= 15 is 0 Å². The van der Waals surface area contributed by atoms with Gasteiger partial charge in [-0.3, -0.25) is 20.8 Å². The van der Waals surface area contributed by atoms with Gasteiger partial charge in [-0.05, 0) is 12.0 Å². The first-order valence-electron chi connectivity index (χ1n) is 6.45. The third-order valence-electron chi connectivity index (χ3n) is 3.08. The van der Waals surface area contributed by atoms with Crippen molar-refractivity contribution in [1.82, 2.24) is 5.32 Å². The van der Waals surface area contributed by atoms with Gasteiger partial charge in [0.05, 0.1) is 28.8 Å². The van der Waals surface area contributed by atoms with Crippen LogP contribution in [0.25, 0.3) is 0 Å². The number of benzene rings is 1. The molecule has 1 atom stereocenters. The topological polar surface area (TPSA) is 120 Å². The Hall–Kier alpha value is -2.19. The summed E-state index contributed by atoms with van der Waals surface area (Å²) in [5.41, 5.74) is 2.62. The maximum absolute atomic E-state index is 12.3. The number of carbonyl (C=O) groups excluding carboxylic acids is 1. The van der Waals surface area contributed by atoms with Crippen LogP contribution in [0.1, 0.15) is 24.2 Å². The van der Waals surface area contributed by atoms with Gasteiger partial charge in [-0.25, -0.2) is 0 Å². The average molecular weight is 296 g/mol.